The number of phenols is 1. The van der Waals surface area contributed by atoms with Crippen molar-refractivity contribution in [1.29, 1.82) is 0 Å². The third-order valence-electron chi connectivity index (χ3n) is 5.75. The van der Waals surface area contributed by atoms with Gasteiger partial charge in [0.15, 0.2) is 5.01 Å². The average molecular weight is 523 g/mol. The Kier molecular flexibility index (Phi) is 5.23. The van der Waals surface area contributed by atoms with E-state index in [1.54, 1.807) is 12.3 Å². The van der Waals surface area contributed by atoms with Crippen molar-refractivity contribution in [2.75, 3.05) is 11.9 Å². The van der Waals surface area contributed by atoms with Gasteiger partial charge in [-0.15, -0.1) is 10.2 Å². The zero-order chi connectivity index (χ0) is 21.0. The van der Waals surface area contributed by atoms with Gasteiger partial charge < -0.3 is 10.0 Å². The van der Waals surface area contributed by atoms with Gasteiger partial charge in [0, 0.05) is 64.7 Å². The Morgan fingerprint density at radius 1 is 1.17 bits per heavy atom. The highest BCUT2D eigenvalue weighted by molar-refractivity contribution is 14.1. The van der Waals surface area contributed by atoms with E-state index in [2.05, 4.69) is 80.8 Å². The lowest BCUT2D eigenvalue weighted by Gasteiger charge is -2.53. The van der Waals surface area contributed by atoms with Gasteiger partial charge in [-0.05, 0) is 52.7 Å². The summed E-state index contributed by atoms with van der Waals surface area (Å²) in [6.45, 7) is 9.20. The van der Waals surface area contributed by atoms with Crippen molar-refractivity contribution < 1.29 is 5.11 Å². The Morgan fingerprint density at radius 3 is 2.55 bits per heavy atom. The van der Waals surface area contributed by atoms with Gasteiger partial charge in [-0.25, -0.2) is 3.11 Å². The maximum absolute atomic E-state index is 10.5. The second kappa shape index (κ2) is 7.31. The van der Waals surface area contributed by atoms with Crippen LogP contribution in [0.25, 0.3) is 21.5 Å². The summed E-state index contributed by atoms with van der Waals surface area (Å²) in [6, 6.07) is 7.88. The molecule has 0 unspecified atom stereocenters. The summed E-state index contributed by atoms with van der Waals surface area (Å²) in [6.07, 6.45) is 3.83. The van der Waals surface area contributed by atoms with E-state index in [1.165, 1.54) is 11.3 Å². The lowest BCUT2D eigenvalue weighted by atomic mass is 9.79. The number of aromatic nitrogens is 3. The first-order valence-corrected chi connectivity index (χ1v) is 11.5. The number of hydrogen-bond acceptors (Lipinski definition) is 7. The lowest BCUT2D eigenvalue weighted by molar-refractivity contribution is 0.0724. The van der Waals surface area contributed by atoms with Crippen LogP contribution in [-0.2, 0) is 0 Å². The number of pyridine rings is 1. The number of anilines is 1. The van der Waals surface area contributed by atoms with E-state index < -0.39 is 0 Å². The molecule has 0 atom stereocenters. The molecule has 0 bridgehead atoms. The number of rotatable bonds is 3. The van der Waals surface area contributed by atoms with Crippen LogP contribution in [0.5, 0.6) is 5.75 Å². The molecule has 29 heavy (non-hydrogen) atoms. The Morgan fingerprint density at radius 2 is 1.86 bits per heavy atom. The monoisotopic (exact) mass is 523 g/mol. The minimum atomic E-state index is 0.0956. The van der Waals surface area contributed by atoms with Crippen LogP contribution in [0.2, 0.25) is 0 Å². The van der Waals surface area contributed by atoms with E-state index in [1.807, 2.05) is 18.2 Å². The smallest absolute Gasteiger partial charge is 0.208 e. The first-order valence-electron chi connectivity index (χ1n) is 9.69. The predicted molar refractivity (Wildman–Crippen MR) is 128 cm³/mol. The Balaban J connectivity index is 1.63. The van der Waals surface area contributed by atoms with Gasteiger partial charge >= 0.3 is 0 Å². The summed E-state index contributed by atoms with van der Waals surface area (Å²) < 4.78 is 2.45. The van der Waals surface area contributed by atoms with Gasteiger partial charge in [-0.1, -0.05) is 17.4 Å². The Bertz CT molecular complexity index is 1030. The van der Waals surface area contributed by atoms with Crippen LogP contribution in [0.15, 0.2) is 30.5 Å². The lowest BCUT2D eigenvalue weighted by Crippen LogP contribution is -2.59. The number of hydrogen-bond donors (Lipinski definition) is 1. The number of nitrogens with zero attached hydrogens (tertiary/aromatic N) is 5. The predicted octanol–water partition coefficient (Wildman–Crippen LogP) is 5.27. The maximum atomic E-state index is 10.5. The third-order valence-corrected chi connectivity index (χ3v) is 9.41. The van der Waals surface area contributed by atoms with Gasteiger partial charge in [-0.3, -0.25) is 4.98 Å². The van der Waals surface area contributed by atoms with Crippen molar-refractivity contribution in [3.8, 4) is 16.3 Å². The molecule has 0 spiro atoms. The molecule has 1 aromatic carbocycles. The van der Waals surface area contributed by atoms with Crippen LogP contribution in [0.4, 0.5) is 5.13 Å². The fourth-order valence-corrected chi connectivity index (χ4v) is 5.68. The highest BCUT2D eigenvalue weighted by Gasteiger charge is 2.45. The van der Waals surface area contributed by atoms with Gasteiger partial charge in [-0.2, -0.15) is 0 Å². The molecular weight excluding hydrogens is 497 g/mol. The zero-order valence-corrected chi connectivity index (χ0v) is 20.3. The van der Waals surface area contributed by atoms with Crippen LogP contribution < -0.4 is 4.90 Å². The zero-order valence-electron chi connectivity index (χ0n) is 17.3. The molecule has 1 saturated heterocycles. The molecule has 1 N–H and O–H groups in total. The van der Waals surface area contributed by atoms with Crippen molar-refractivity contribution in [3.05, 3.63) is 30.5 Å². The number of aromatic hydroxyl groups is 1. The average Bonchev–Trinajstić information content (AvgIpc) is 3.14. The summed E-state index contributed by atoms with van der Waals surface area (Å²) in [4.78, 5) is 6.56. The summed E-state index contributed by atoms with van der Waals surface area (Å²) in [5.74, 6) is 0.182. The summed E-state index contributed by atoms with van der Waals surface area (Å²) in [5, 5.41) is 21.9. The molecule has 0 amide bonds. The fourth-order valence-electron chi connectivity index (χ4n) is 4.38. The Hall–Kier alpha value is -1.52. The van der Waals surface area contributed by atoms with Gasteiger partial charge in [0.2, 0.25) is 5.13 Å². The molecule has 0 saturated carbocycles. The van der Waals surface area contributed by atoms with E-state index in [0.717, 1.165) is 33.9 Å². The van der Waals surface area contributed by atoms with E-state index in [0.29, 0.717) is 11.6 Å². The van der Waals surface area contributed by atoms with E-state index in [-0.39, 0.29) is 16.8 Å². The topological polar surface area (TPSA) is 65.4 Å². The van der Waals surface area contributed by atoms with Crippen molar-refractivity contribution in [1.82, 2.24) is 18.3 Å². The molecule has 8 heteroatoms. The summed E-state index contributed by atoms with van der Waals surface area (Å²) in [5.41, 5.74) is 1.66. The number of halogens is 1. The number of phenolic OH excluding ortho intramolecular Hbond substituents is 1. The minimum absolute atomic E-state index is 0.0956. The molecule has 4 rings (SSSR count). The van der Waals surface area contributed by atoms with Crippen LogP contribution >= 0.6 is 34.2 Å². The quantitative estimate of drug-likeness (QED) is 0.373. The van der Waals surface area contributed by atoms with E-state index in [9.17, 15) is 5.11 Å². The van der Waals surface area contributed by atoms with Crippen molar-refractivity contribution >= 4 is 50.2 Å². The minimum Gasteiger partial charge on any atom is -0.507 e. The largest absolute Gasteiger partial charge is 0.507 e. The third kappa shape index (κ3) is 3.82. The van der Waals surface area contributed by atoms with Crippen molar-refractivity contribution in [2.24, 2.45) is 0 Å². The first kappa shape index (κ1) is 20.7. The van der Waals surface area contributed by atoms with Crippen molar-refractivity contribution in [3.63, 3.8) is 0 Å². The second-order valence-electron chi connectivity index (χ2n) is 9.03. The molecule has 3 heterocycles. The molecule has 1 fully saturated rings. The molecule has 2 aromatic heterocycles. The molecule has 6 nitrogen and oxygen atoms in total. The summed E-state index contributed by atoms with van der Waals surface area (Å²) >= 11 is 3.99. The SMILES string of the molecule is CN(c1nnc(-c2cc3cccnc3cc2O)s1)C1CC(C)(C)N(I)C(C)(C)C1. The van der Waals surface area contributed by atoms with Gasteiger partial charge in [0.25, 0.3) is 0 Å². The normalized spacial score (nSPS) is 19.5. The molecule has 1 aliphatic heterocycles. The highest BCUT2D eigenvalue weighted by Crippen LogP contribution is 2.44. The Labute approximate surface area is 189 Å². The molecule has 3 aromatic rings. The van der Waals surface area contributed by atoms with Crippen molar-refractivity contribution in [2.45, 2.75) is 57.7 Å². The van der Waals surface area contributed by atoms with Gasteiger partial charge in [0.1, 0.15) is 5.75 Å². The van der Waals surface area contributed by atoms with Crippen LogP contribution in [0.1, 0.15) is 40.5 Å². The van der Waals surface area contributed by atoms with Crippen LogP contribution in [0, 0.1) is 0 Å². The standard InChI is InChI=1S/C21H26IN5OS/c1-20(2)11-14(12-21(3,4)27(20)22)26(5)19-25-24-18(29-19)15-9-13-7-6-8-23-16(13)10-17(15)28/h6-10,14,28H,11-12H2,1-5H3. The van der Waals surface area contributed by atoms with Crippen LogP contribution in [-0.4, -0.2) is 47.6 Å². The molecular formula is C21H26IN5OS. The molecule has 0 radical (unpaired) electrons. The maximum Gasteiger partial charge on any atom is 0.208 e. The van der Waals surface area contributed by atoms with E-state index in [4.69, 9.17) is 0 Å². The number of piperidine rings is 1. The van der Waals surface area contributed by atoms with Gasteiger partial charge in [0.05, 0.1) is 11.1 Å². The fraction of sp³-hybridized carbons (Fsp3) is 0.476. The second-order valence-corrected chi connectivity index (χ2v) is 11.0. The summed E-state index contributed by atoms with van der Waals surface area (Å²) in [7, 11) is 2.11. The molecule has 154 valence electrons. The van der Waals surface area contributed by atoms with E-state index >= 15 is 0 Å². The number of fused-ring (bicyclic) bond motifs is 1. The number of benzene rings is 1. The molecule has 0 aliphatic carbocycles. The molecule has 1 aliphatic rings. The highest BCUT2D eigenvalue weighted by atomic mass is 127. The first-order chi connectivity index (χ1) is 13.6. The van der Waals surface area contributed by atoms with Crippen LogP contribution in [0.3, 0.4) is 0 Å².